The molecule has 1 fully saturated rings. The van der Waals surface area contributed by atoms with E-state index in [0.29, 0.717) is 6.42 Å². The van der Waals surface area contributed by atoms with Gasteiger partial charge in [-0.2, -0.15) is 0 Å². The molecule has 0 spiro atoms. The molecule has 0 aliphatic heterocycles. The van der Waals surface area contributed by atoms with Crippen LogP contribution in [0.2, 0.25) is 0 Å². The first-order valence-corrected chi connectivity index (χ1v) is 5.32. The number of rotatable bonds is 4. The van der Waals surface area contributed by atoms with E-state index in [1.54, 1.807) is 0 Å². The Bertz CT molecular complexity index is 272. The third kappa shape index (κ3) is 2.61. The molecule has 1 saturated carbocycles. The molecule has 0 saturated heterocycles. The standard InChI is InChI=1S/C10H19N3O2/c1-3-7(8(11)13-15)9(14)12-10(2)5-4-6-10/h7,15H,3-6H2,1-2H3,(H2,11,13)(H,12,14). The molecule has 15 heavy (non-hydrogen) atoms. The number of carbonyl (C=O) groups excluding carboxylic acids is 1. The van der Waals surface area contributed by atoms with Crippen LogP contribution >= 0.6 is 0 Å². The molecule has 1 aliphatic rings. The second-order valence-corrected chi connectivity index (χ2v) is 4.39. The topological polar surface area (TPSA) is 87.7 Å². The third-order valence-corrected chi connectivity index (χ3v) is 3.08. The highest BCUT2D eigenvalue weighted by Gasteiger charge is 2.35. The average Bonchev–Trinajstić information content (AvgIpc) is 2.16. The van der Waals surface area contributed by atoms with E-state index in [1.165, 1.54) is 0 Å². The first-order valence-electron chi connectivity index (χ1n) is 5.32. The predicted molar refractivity (Wildman–Crippen MR) is 57.6 cm³/mol. The fraction of sp³-hybridized carbons (Fsp3) is 0.800. The van der Waals surface area contributed by atoms with Crippen LogP contribution in [0.5, 0.6) is 0 Å². The van der Waals surface area contributed by atoms with Crippen molar-refractivity contribution in [2.45, 2.75) is 45.1 Å². The molecule has 1 aliphatic carbocycles. The fourth-order valence-corrected chi connectivity index (χ4v) is 1.82. The van der Waals surface area contributed by atoms with E-state index in [2.05, 4.69) is 10.5 Å². The van der Waals surface area contributed by atoms with Gasteiger partial charge in [0.25, 0.3) is 0 Å². The van der Waals surface area contributed by atoms with Crippen LogP contribution in [0.1, 0.15) is 39.5 Å². The molecule has 4 N–H and O–H groups in total. The van der Waals surface area contributed by atoms with Crippen molar-refractivity contribution in [2.75, 3.05) is 0 Å². The molecule has 5 heteroatoms. The molecule has 0 aromatic heterocycles. The van der Waals surface area contributed by atoms with Gasteiger partial charge in [-0.1, -0.05) is 12.1 Å². The number of hydrogen-bond donors (Lipinski definition) is 3. The molecule has 5 nitrogen and oxygen atoms in total. The Labute approximate surface area is 89.7 Å². The summed E-state index contributed by atoms with van der Waals surface area (Å²) in [7, 11) is 0. The number of nitrogens with one attached hydrogen (secondary N) is 1. The number of nitrogens with two attached hydrogens (primary N) is 1. The van der Waals surface area contributed by atoms with E-state index in [0.717, 1.165) is 19.3 Å². The number of oxime groups is 1. The number of amidine groups is 1. The second-order valence-electron chi connectivity index (χ2n) is 4.39. The van der Waals surface area contributed by atoms with E-state index < -0.39 is 5.92 Å². The van der Waals surface area contributed by atoms with Crippen molar-refractivity contribution in [1.29, 1.82) is 0 Å². The highest BCUT2D eigenvalue weighted by Crippen LogP contribution is 2.31. The Balaban J connectivity index is 2.57. The smallest absolute Gasteiger partial charge is 0.231 e. The van der Waals surface area contributed by atoms with Crippen molar-refractivity contribution < 1.29 is 10.0 Å². The first-order chi connectivity index (χ1) is 7.02. The van der Waals surface area contributed by atoms with E-state index in [1.807, 2.05) is 13.8 Å². The molecule has 0 bridgehead atoms. The highest BCUT2D eigenvalue weighted by atomic mass is 16.4. The van der Waals surface area contributed by atoms with E-state index in [9.17, 15) is 4.79 Å². The van der Waals surface area contributed by atoms with Crippen molar-refractivity contribution >= 4 is 11.7 Å². The van der Waals surface area contributed by atoms with E-state index in [4.69, 9.17) is 10.9 Å². The van der Waals surface area contributed by atoms with Gasteiger partial charge < -0.3 is 16.3 Å². The Morgan fingerprint density at radius 1 is 1.67 bits per heavy atom. The van der Waals surface area contributed by atoms with Crippen molar-refractivity contribution in [3.8, 4) is 0 Å². The molecule has 1 unspecified atom stereocenters. The molecular weight excluding hydrogens is 194 g/mol. The molecule has 0 radical (unpaired) electrons. The van der Waals surface area contributed by atoms with Crippen LogP contribution in [0, 0.1) is 5.92 Å². The minimum Gasteiger partial charge on any atom is -0.409 e. The van der Waals surface area contributed by atoms with Crippen LogP contribution in [0.4, 0.5) is 0 Å². The average molecular weight is 213 g/mol. The van der Waals surface area contributed by atoms with Crippen molar-refractivity contribution in [1.82, 2.24) is 5.32 Å². The van der Waals surface area contributed by atoms with Crippen molar-refractivity contribution in [3.05, 3.63) is 0 Å². The van der Waals surface area contributed by atoms with Crippen LogP contribution in [0.25, 0.3) is 0 Å². The normalized spacial score (nSPS) is 21.6. The van der Waals surface area contributed by atoms with Gasteiger partial charge in [0, 0.05) is 5.54 Å². The quantitative estimate of drug-likeness (QED) is 0.279. The second kappa shape index (κ2) is 4.51. The maximum Gasteiger partial charge on any atom is 0.231 e. The summed E-state index contributed by atoms with van der Waals surface area (Å²) in [4.78, 5) is 11.8. The van der Waals surface area contributed by atoms with Crippen LogP contribution < -0.4 is 11.1 Å². The lowest BCUT2D eigenvalue weighted by molar-refractivity contribution is -0.125. The number of nitrogens with zero attached hydrogens (tertiary/aromatic N) is 1. The maximum absolute atomic E-state index is 11.8. The molecule has 0 aromatic carbocycles. The van der Waals surface area contributed by atoms with Gasteiger partial charge in [-0.25, -0.2) is 0 Å². The van der Waals surface area contributed by atoms with Crippen molar-refractivity contribution in [3.63, 3.8) is 0 Å². The summed E-state index contributed by atoms with van der Waals surface area (Å²) in [6, 6.07) is 0. The zero-order chi connectivity index (χ0) is 11.5. The number of carbonyl (C=O) groups is 1. The number of amides is 1. The minimum absolute atomic E-state index is 0.0158. The Morgan fingerprint density at radius 2 is 2.27 bits per heavy atom. The molecule has 0 aromatic rings. The van der Waals surface area contributed by atoms with E-state index >= 15 is 0 Å². The third-order valence-electron chi connectivity index (χ3n) is 3.08. The molecule has 1 atom stereocenters. The molecule has 86 valence electrons. The van der Waals surface area contributed by atoms with Crippen LogP contribution in [0.15, 0.2) is 5.16 Å². The lowest BCUT2D eigenvalue weighted by Gasteiger charge is -2.39. The number of hydrogen-bond acceptors (Lipinski definition) is 3. The van der Waals surface area contributed by atoms with Gasteiger partial charge in [0.2, 0.25) is 5.91 Å². The Morgan fingerprint density at radius 3 is 2.60 bits per heavy atom. The highest BCUT2D eigenvalue weighted by molar-refractivity contribution is 6.02. The summed E-state index contributed by atoms with van der Waals surface area (Å²) >= 11 is 0. The monoisotopic (exact) mass is 213 g/mol. The van der Waals surface area contributed by atoms with Crippen molar-refractivity contribution in [2.24, 2.45) is 16.8 Å². The maximum atomic E-state index is 11.8. The minimum atomic E-state index is -0.521. The lowest BCUT2D eigenvalue weighted by atomic mass is 9.78. The van der Waals surface area contributed by atoms with E-state index in [-0.39, 0.29) is 17.3 Å². The summed E-state index contributed by atoms with van der Waals surface area (Å²) in [5.41, 5.74) is 5.36. The van der Waals surface area contributed by atoms with Gasteiger partial charge in [0.1, 0.15) is 0 Å². The van der Waals surface area contributed by atoms with Gasteiger partial charge in [-0.05, 0) is 32.6 Å². The van der Waals surface area contributed by atoms with Gasteiger partial charge in [0.15, 0.2) is 5.84 Å². The summed E-state index contributed by atoms with van der Waals surface area (Å²) in [6.07, 6.45) is 3.70. The summed E-state index contributed by atoms with van der Waals surface area (Å²) < 4.78 is 0. The fourth-order valence-electron chi connectivity index (χ4n) is 1.82. The largest absolute Gasteiger partial charge is 0.409 e. The molecule has 0 heterocycles. The zero-order valence-electron chi connectivity index (χ0n) is 9.29. The zero-order valence-corrected chi connectivity index (χ0v) is 9.29. The Hall–Kier alpha value is -1.26. The SMILES string of the molecule is CCC(C(=O)NC1(C)CCC1)C(N)=NO. The van der Waals surface area contributed by atoms with Crippen LogP contribution in [0.3, 0.4) is 0 Å². The lowest BCUT2D eigenvalue weighted by Crippen LogP contribution is -2.54. The predicted octanol–water partition coefficient (Wildman–Crippen LogP) is 0.818. The van der Waals surface area contributed by atoms with Gasteiger partial charge >= 0.3 is 0 Å². The summed E-state index contributed by atoms with van der Waals surface area (Å²) in [6.45, 7) is 3.86. The molecule has 1 rings (SSSR count). The van der Waals surface area contributed by atoms with Crippen LogP contribution in [-0.4, -0.2) is 22.5 Å². The van der Waals surface area contributed by atoms with Gasteiger partial charge in [-0.3, -0.25) is 4.79 Å². The van der Waals surface area contributed by atoms with Crippen LogP contribution in [-0.2, 0) is 4.79 Å². The molecular formula is C10H19N3O2. The molecule has 1 amide bonds. The first kappa shape index (κ1) is 11.8. The van der Waals surface area contributed by atoms with Gasteiger partial charge in [0.05, 0.1) is 5.92 Å². The summed E-state index contributed by atoms with van der Waals surface area (Å²) in [5.74, 6) is -0.680. The van der Waals surface area contributed by atoms with Gasteiger partial charge in [-0.15, -0.1) is 0 Å². The Kier molecular flexibility index (Phi) is 3.55. The summed E-state index contributed by atoms with van der Waals surface area (Å²) in [5, 5.41) is 14.4.